The lowest BCUT2D eigenvalue weighted by atomic mass is 9.98. The monoisotopic (exact) mass is 259 g/mol. The minimum atomic E-state index is 0.0358. The minimum absolute atomic E-state index is 0.0358. The number of hydrogen-bond acceptors (Lipinski definition) is 4. The molecule has 0 aliphatic carbocycles. The summed E-state index contributed by atoms with van der Waals surface area (Å²) in [6.45, 7) is 1.51. The first kappa shape index (κ1) is 12.3. The molecule has 5 nitrogen and oxygen atoms in total. The molecule has 2 heterocycles. The van der Waals surface area contributed by atoms with E-state index in [1.54, 1.807) is 4.68 Å². The molecule has 0 radical (unpaired) electrons. The second-order valence-electron chi connectivity index (χ2n) is 4.71. The van der Waals surface area contributed by atoms with Gasteiger partial charge in [-0.3, -0.25) is 0 Å². The van der Waals surface area contributed by atoms with Gasteiger partial charge in [0.2, 0.25) is 0 Å². The topological polar surface area (TPSA) is 60.2 Å². The Hall–Kier alpha value is -1.72. The van der Waals surface area contributed by atoms with Crippen molar-refractivity contribution in [2.24, 2.45) is 0 Å². The average molecular weight is 259 g/mol. The molecule has 1 atom stereocenters. The van der Waals surface area contributed by atoms with Crippen LogP contribution in [0.15, 0.2) is 30.5 Å². The molecule has 1 aliphatic rings. The summed E-state index contributed by atoms with van der Waals surface area (Å²) in [6, 6.07) is 8.38. The van der Waals surface area contributed by atoms with Crippen LogP contribution in [0, 0.1) is 0 Å². The van der Waals surface area contributed by atoms with Crippen molar-refractivity contribution in [3.8, 4) is 0 Å². The fraction of sp³-hybridized carbons (Fsp3) is 0.429. The van der Waals surface area contributed by atoms with Crippen molar-refractivity contribution in [2.75, 3.05) is 13.2 Å². The number of aliphatic hydroxyl groups excluding tert-OH is 1. The van der Waals surface area contributed by atoms with Gasteiger partial charge < -0.3 is 9.84 Å². The number of nitrogens with zero attached hydrogens (tertiary/aromatic N) is 3. The van der Waals surface area contributed by atoms with E-state index in [-0.39, 0.29) is 12.7 Å². The number of ether oxygens (including phenoxy) is 1. The Morgan fingerprint density at radius 2 is 2.26 bits per heavy atom. The Bertz CT molecular complexity index is 553. The third kappa shape index (κ3) is 2.67. The highest BCUT2D eigenvalue weighted by Crippen LogP contribution is 2.27. The standard InChI is InChI=1S/C14H17N3O2/c18-7-5-12-9-17(16-15-12)10-14-13-4-2-1-3-11(13)6-8-19-14/h1-4,9,14,18H,5-8,10H2. The summed E-state index contributed by atoms with van der Waals surface area (Å²) < 4.78 is 7.63. The zero-order valence-corrected chi connectivity index (χ0v) is 10.7. The Kier molecular flexibility index (Phi) is 3.57. The highest BCUT2D eigenvalue weighted by atomic mass is 16.5. The van der Waals surface area contributed by atoms with Crippen molar-refractivity contribution in [1.29, 1.82) is 0 Å². The van der Waals surface area contributed by atoms with Crippen molar-refractivity contribution in [1.82, 2.24) is 15.0 Å². The molecule has 0 fully saturated rings. The third-order valence-electron chi connectivity index (χ3n) is 3.40. The van der Waals surface area contributed by atoms with Crippen molar-refractivity contribution < 1.29 is 9.84 Å². The SMILES string of the molecule is OCCc1cn(CC2OCCc3ccccc32)nn1. The van der Waals surface area contributed by atoms with Crippen LogP contribution >= 0.6 is 0 Å². The van der Waals surface area contributed by atoms with Crippen LogP contribution in [0.4, 0.5) is 0 Å². The zero-order chi connectivity index (χ0) is 13.1. The number of benzene rings is 1. The van der Waals surface area contributed by atoms with E-state index in [2.05, 4.69) is 28.5 Å². The summed E-state index contributed by atoms with van der Waals surface area (Å²) >= 11 is 0. The van der Waals surface area contributed by atoms with Gasteiger partial charge >= 0.3 is 0 Å². The van der Waals surface area contributed by atoms with E-state index in [0.29, 0.717) is 13.0 Å². The second kappa shape index (κ2) is 5.50. The number of rotatable bonds is 4. The molecule has 1 aromatic carbocycles. The Morgan fingerprint density at radius 1 is 1.37 bits per heavy atom. The number of aromatic nitrogens is 3. The molecule has 0 spiro atoms. The Labute approximate surface area is 111 Å². The molecular weight excluding hydrogens is 242 g/mol. The highest BCUT2D eigenvalue weighted by Gasteiger charge is 2.21. The molecule has 3 rings (SSSR count). The highest BCUT2D eigenvalue weighted by molar-refractivity contribution is 5.30. The van der Waals surface area contributed by atoms with E-state index in [1.165, 1.54) is 11.1 Å². The maximum absolute atomic E-state index is 8.88. The van der Waals surface area contributed by atoms with Crippen LogP contribution < -0.4 is 0 Å². The molecule has 100 valence electrons. The molecule has 1 unspecified atom stereocenters. The number of aliphatic hydroxyl groups is 1. The molecule has 1 aromatic heterocycles. The Morgan fingerprint density at radius 3 is 3.16 bits per heavy atom. The molecule has 2 aromatic rings. The van der Waals surface area contributed by atoms with Gasteiger partial charge in [0.25, 0.3) is 0 Å². The van der Waals surface area contributed by atoms with Gasteiger partial charge in [0.1, 0.15) is 6.10 Å². The zero-order valence-electron chi connectivity index (χ0n) is 10.7. The van der Waals surface area contributed by atoms with E-state index in [9.17, 15) is 0 Å². The molecule has 0 bridgehead atoms. The molecule has 0 saturated heterocycles. The minimum Gasteiger partial charge on any atom is -0.396 e. The lowest BCUT2D eigenvalue weighted by molar-refractivity contribution is 0.0279. The van der Waals surface area contributed by atoms with Crippen molar-refractivity contribution in [3.05, 3.63) is 47.3 Å². The largest absolute Gasteiger partial charge is 0.396 e. The van der Waals surface area contributed by atoms with Crippen LogP contribution in [-0.4, -0.2) is 33.3 Å². The Balaban J connectivity index is 1.76. The van der Waals surface area contributed by atoms with Gasteiger partial charge in [-0.1, -0.05) is 29.5 Å². The number of hydrogen-bond donors (Lipinski definition) is 1. The van der Waals surface area contributed by atoms with E-state index in [0.717, 1.165) is 18.7 Å². The summed E-state index contributed by atoms with van der Waals surface area (Å²) in [5.41, 5.74) is 3.41. The second-order valence-corrected chi connectivity index (χ2v) is 4.71. The summed E-state index contributed by atoms with van der Waals surface area (Å²) in [5, 5.41) is 17.0. The van der Waals surface area contributed by atoms with E-state index >= 15 is 0 Å². The van der Waals surface area contributed by atoms with Gasteiger partial charge in [-0.05, 0) is 17.5 Å². The van der Waals surface area contributed by atoms with Gasteiger partial charge in [0.15, 0.2) is 0 Å². The van der Waals surface area contributed by atoms with E-state index in [1.807, 2.05) is 12.3 Å². The van der Waals surface area contributed by atoms with E-state index < -0.39 is 0 Å². The summed E-state index contributed by atoms with van der Waals surface area (Å²) in [7, 11) is 0. The molecule has 1 N–H and O–H groups in total. The quantitative estimate of drug-likeness (QED) is 0.894. The molecule has 19 heavy (non-hydrogen) atoms. The number of fused-ring (bicyclic) bond motifs is 1. The van der Waals surface area contributed by atoms with Crippen molar-refractivity contribution >= 4 is 0 Å². The predicted octanol–water partition coefficient (Wildman–Crippen LogP) is 1.13. The van der Waals surface area contributed by atoms with Gasteiger partial charge in [-0.15, -0.1) is 5.10 Å². The van der Waals surface area contributed by atoms with Gasteiger partial charge in [-0.25, -0.2) is 4.68 Å². The van der Waals surface area contributed by atoms with Crippen LogP contribution in [0.5, 0.6) is 0 Å². The average Bonchev–Trinajstić information content (AvgIpc) is 2.87. The summed E-state index contributed by atoms with van der Waals surface area (Å²) in [6.07, 6.45) is 3.42. The fourth-order valence-electron chi connectivity index (χ4n) is 2.45. The first-order valence-corrected chi connectivity index (χ1v) is 6.56. The van der Waals surface area contributed by atoms with Gasteiger partial charge in [0, 0.05) is 19.2 Å². The van der Waals surface area contributed by atoms with E-state index in [4.69, 9.17) is 9.84 Å². The van der Waals surface area contributed by atoms with Gasteiger partial charge in [-0.2, -0.15) is 0 Å². The van der Waals surface area contributed by atoms with Crippen LogP contribution in [0.3, 0.4) is 0 Å². The molecule has 0 saturated carbocycles. The molecule has 1 aliphatic heterocycles. The fourth-order valence-corrected chi connectivity index (χ4v) is 2.45. The molecule has 5 heteroatoms. The van der Waals surface area contributed by atoms with Gasteiger partial charge in [0.05, 0.1) is 18.8 Å². The van der Waals surface area contributed by atoms with Crippen LogP contribution in [0.2, 0.25) is 0 Å². The van der Waals surface area contributed by atoms with Crippen molar-refractivity contribution in [2.45, 2.75) is 25.5 Å². The molecular formula is C14H17N3O2. The summed E-state index contributed by atoms with van der Waals surface area (Å²) in [4.78, 5) is 0. The molecule has 0 amide bonds. The van der Waals surface area contributed by atoms with Crippen LogP contribution in [-0.2, 0) is 24.1 Å². The maximum Gasteiger partial charge on any atom is 0.102 e. The van der Waals surface area contributed by atoms with Crippen molar-refractivity contribution in [3.63, 3.8) is 0 Å². The smallest absolute Gasteiger partial charge is 0.102 e. The lowest BCUT2D eigenvalue weighted by Crippen LogP contribution is -2.20. The first-order valence-electron chi connectivity index (χ1n) is 6.56. The first-order chi connectivity index (χ1) is 9.36. The lowest BCUT2D eigenvalue weighted by Gasteiger charge is -2.25. The maximum atomic E-state index is 8.88. The third-order valence-corrected chi connectivity index (χ3v) is 3.40. The summed E-state index contributed by atoms with van der Waals surface area (Å²) in [5.74, 6) is 0. The predicted molar refractivity (Wildman–Crippen MR) is 69.7 cm³/mol. The normalized spacial score (nSPS) is 18.3. The van der Waals surface area contributed by atoms with Crippen LogP contribution in [0.1, 0.15) is 22.9 Å². The van der Waals surface area contributed by atoms with Crippen LogP contribution in [0.25, 0.3) is 0 Å².